The van der Waals surface area contributed by atoms with Crippen molar-refractivity contribution < 1.29 is 23.3 Å². The van der Waals surface area contributed by atoms with Crippen molar-refractivity contribution in [3.8, 4) is 17.2 Å². The van der Waals surface area contributed by atoms with Crippen LogP contribution in [0.5, 0.6) is 17.2 Å². The normalized spacial score (nSPS) is 11.9. The van der Waals surface area contributed by atoms with Crippen LogP contribution in [0.2, 0.25) is 0 Å². The molecule has 1 N–H and O–H groups in total. The lowest BCUT2D eigenvalue weighted by Crippen LogP contribution is -2.23. The van der Waals surface area contributed by atoms with Crippen molar-refractivity contribution in [2.24, 2.45) is 0 Å². The smallest absolute Gasteiger partial charge is 0.203 e. The van der Waals surface area contributed by atoms with Crippen LogP contribution in [0.1, 0.15) is 31.4 Å². The van der Waals surface area contributed by atoms with Gasteiger partial charge >= 0.3 is 0 Å². The van der Waals surface area contributed by atoms with Crippen LogP contribution in [0.15, 0.2) is 42.5 Å². The molecule has 1 unspecified atom stereocenters. The quantitative estimate of drug-likeness (QED) is 0.514. The third kappa shape index (κ3) is 6.69. The molecule has 2 rings (SSSR count). The minimum atomic E-state index is -0.229. The molecule has 28 heavy (non-hydrogen) atoms. The predicted molar refractivity (Wildman–Crippen MR) is 108 cm³/mol. The van der Waals surface area contributed by atoms with E-state index in [4.69, 9.17) is 18.9 Å². The molecule has 0 saturated carbocycles. The largest absolute Gasteiger partial charge is 0.493 e. The van der Waals surface area contributed by atoms with Crippen LogP contribution >= 0.6 is 0 Å². The summed E-state index contributed by atoms with van der Waals surface area (Å²) in [5.74, 6) is 1.69. The van der Waals surface area contributed by atoms with E-state index in [0.29, 0.717) is 37.0 Å². The Kier molecular flexibility index (Phi) is 9.59. The highest BCUT2D eigenvalue weighted by atomic mass is 19.1. The third-order valence-electron chi connectivity index (χ3n) is 4.34. The van der Waals surface area contributed by atoms with E-state index < -0.39 is 0 Å². The van der Waals surface area contributed by atoms with Crippen LogP contribution in [0.25, 0.3) is 0 Å². The first-order valence-corrected chi connectivity index (χ1v) is 9.61. The lowest BCUT2D eigenvalue weighted by molar-refractivity contribution is 0.0547. The number of para-hydroxylation sites is 1. The number of methoxy groups -OCH3 is 2. The molecule has 0 aliphatic heterocycles. The number of hydrogen-bond acceptors (Lipinski definition) is 5. The number of ether oxygens (including phenoxy) is 4. The van der Waals surface area contributed by atoms with E-state index in [1.165, 1.54) is 12.1 Å². The molecule has 0 aliphatic carbocycles. The summed E-state index contributed by atoms with van der Waals surface area (Å²) in [6.07, 6.45) is 1.80. The maximum absolute atomic E-state index is 13.1. The Balaban J connectivity index is 1.70. The first kappa shape index (κ1) is 22.0. The summed E-state index contributed by atoms with van der Waals surface area (Å²) in [4.78, 5) is 0. The standard InChI is InChI=1S/C22H30FNO4/c1-4-27-19(17-10-12-18(23)13-11-17)9-6-14-24-15-16-28-22-20(25-2)7-5-8-21(22)26-3/h5,7-8,10-13,19,24H,4,6,9,14-16H2,1-3H3. The second-order valence-electron chi connectivity index (χ2n) is 6.23. The molecular weight excluding hydrogens is 361 g/mol. The zero-order valence-corrected chi connectivity index (χ0v) is 16.9. The van der Waals surface area contributed by atoms with E-state index in [9.17, 15) is 4.39 Å². The van der Waals surface area contributed by atoms with Crippen LogP contribution in [-0.2, 0) is 4.74 Å². The summed E-state index contributed by atoms with van der Waals surface area (Å²) in [5, 5.41) is 3.37. The highest BCUT2D eigenvalue weighted by molar-refractivity contribution is 5.51. The SMILES string of the molecule is CCOC(CCCNCCOc1c(OC)cccc1OC)c1ccc(F)cc1. The molecule has 1 atom stereocenters. The van der Waals surface area contributed by atoms with E-state index >= 15 is 0 Å². The molecule has 2 aromatic carbocycles. The van der Waals surface area contributed by atoms with Crippen LogP contribution in [0, 0.1) is 5.82 Å². The molecule has 0 radical (unpaired) electrons. The molecule has 0 amide bonds. The van der Waals surface area contributed by atoms with Gasteiger partial charge in [0.2, 0.25) is 5.75 Å². The van der Waals surface area contributed by atoms with Crippen molar-refractivity contribution in [2.75, 3.05) is 40.5 Å². The number of hydrogen-bond donors (Lipinski definition) is 1. The summed E-state index contributed by atoms with van der Waals surface area (Å²) >= 11 is 0. The summed E-state index contributed by atoms with van der Waals surface area (Å²) in [7, 11) is 3.21. The molecule has 5 nitrogen and oxygen atoms in total. The van der Waals surface area contributed by atoms with Crippen LogP contribution in [-0.4, -0.2) is 40.5 Å². The molecular formula is C22H30FNO4. The van der Waals surface area contributed by atoms with Crippen molar-refractivity contribution in [1.82, 2.24) is 5.32 Å². The van der Waals surface area contributed by atoms with Gasteiger partial charge < -0.3 is 24.3 Å². The van der Waals surface area contributed by atoms with Crippen molar-refractivity contribution >= 4 is 0 Å². The molecule has 0 fully saturated rings. The van der Waals surface area contributed by atoms with Gasteiger partial charge in [0, 0.05) is 13.2 Å². The van der Waals surface area contributed by atoms with Crippen molar-refractivity contribution in [1.29, 1.82) is 0 Å². The summed E-state index contributed by atoms with van der Waals surface area (Å²) in [5.41, 5.74) is 1.01. The first-order chi connectivity index (χ1) is 13.7. The Morgan fingerprint density at radius 1 is 0.964 bits per heavy atom. The molecule has 0 heterocycles. The van der Waals surface area contributed by atoms with Gasteiger partial charge in [0.25, 0.3) is 0 Å². The number of nitrogens with one attached hydrogen (secondary N) is 1. The number of halogens is 1. The van der Waals surface area contributed by atoms with Crippen LogP contribution < -0.4 is 19.5 Å². The maximum atomic E-state index is 13.1. The van der Waals surface area contributed by atoms with Crippen molar-refractivity contribution in [2.45, 2.75) is 25.9 Å². The van der Waals surface area contributed by atoms with Crippen molar-refractivity contribution in [3.63, 3.8) is 0 Å². The Bertz CT molecular complexity index is 671. The third-order valence-corrected chi connectivity index (χ3v) is 4.34. The van der Waals surface area contributed by atoms with Crippen molar-refractivity contribution in [3.05, 3.63) is 53.8 Å². The average Bonchev–Trinajstić information content (AvgIpc) is 2.72. The zero-order valence-electron chi connectivity index (χ0n) is 16.9. The molecule has 0 saturated heterocycles. The molecule has 0 aromatic heterocycles. The topological polar surface area (TPSA) is 49.0 Å². The van der Waals surface area contributed by atoms with Gasteiger partial charge in [-0.1, -0.05) is 18.2 Å². The first-order valence-electron chi connectivity index (χ1n) is 9.61. The summed E-state index contributed by atoms with van der Waals surface area (Å²) in [6.45, 7) is 4.65. The van der Waals surface area contributed by atoms with Gasteiger partial charge in [-0.05, 0) is 56.1 Å². The van der Waals surface area contributed by atoms with Crippen LogP contribution in [0.4, 0.5) is 4.39 Å². The second-order valence-corrected chi connectivity index (χ2v) is 6.23. The summed E-state index contributed by atoms with van der Waals surface area (Å²) in [6, 6.07) is 12.1. The minimum Gasteiger partial charge on any atom is -0.493 e. The zero-order chi connectivity index (χ0) is 20.2. The molecule has 2 aromatic rings. The minimum absolute atomic E-state index is 0.0125. The molecule has 0 aliphatic rings. The van der Waals surface area contributed by atoms with Gasteiger partial charge in [-0.25, -0.2) is 4.39 Å². The van der Waals surface area contributed by atoms with Gasteiger partial charge in [0.05, 0.1) is 20.3 Å². The van der Waals surface area contributed by atoms with E-state index in [1.807, 2.05) is 25.1 Å². The Labute approximate surface area is 166 Å². The van der Waals surface area contributed by atoms with E-state index in [1.54, 1.807) is 26.4 Å². The lowest BCUT2D eigenvalue weighted by atomic mass is 10.0. The fourth-order valence-electron chi connectivity index (χ4n) is 2.95. The average molecular weight is 391 g/mol. The Hall–Kier alpha value is -2.31. The number of rotatable bonds is 13. The van der Waals surface area contributed by atoms with Gasteiger partial charge in [-0.2, -0.15) is 0 Å². The molecule has 0 spiro atoms. The maximum Gasteiger partial charge on any atom is 0.203 e. The predicted octanol–water partition coefficient (Wildman–Crippen LogP) is 4.37. The Morgan fingerprint density at radius 3 is 2.25 bits per heavy atom. The highest BCUT2D eigenvalue weighted by Crippen LogP contribution is 2.36. The molecule has 6 heteroatoms. The molecule has 154 valence electrons. The highest BCUT2D eigenvalue weighted by Gasteiger charge is 2.12. The lowest BCUT2D eigenvalue weighted by Gasteiger charge is -2.18. The van der Waals surface area contributed by atoms with Gasteiger partial charge in [-0.15, -0.1) is 0 Å². The van der Waals surface area contributed by atoms with E-state index in [2.05, 4.69) is 5.32 Å². The van der Waals surface area contributed by atoms with Gasteiger partial charge in [-0.3, -0.25) is 0 Å². The number of benzene rings is 2. The fourth-order valence-corrected chi connectivity index (χ4v) is 2.95. The Morgan fingerprint density at radius 2 is 1.64 bits per heavy atom. The monoisotopic (exact) mass is 391 g/mol. The molecule has 0 bridgehead atoms. The van der Waals surface area contributed by atoms with E-state index in [-0.39, 0.29) is 11.9 Å². The summed E-state index contributed by atoms with van der Waals surface area (Å²) < 4.78 is 35.4. The van der Waals surface area contributed by atoms with Crippen LogP contribution in [0.3, 0.4) is 0 Å². The van der Waals surface area contributed by atoms with E-state index in [0.717, 1.165) is 24.9 Å². The fraction of sp³-hybridized carbons (Fsp3) is 0.455. The van der Waals surface area contributed by atoms with Gasteiger partial charge in [0.1, 0.15) is 12.4 Å². The second kappa shape index (κ2) is 12.2. The van der Waals surface area contributed by atoms with Gasteiger partial charge in [0.15, 0.2) is 11.5 Å².